The van der Waals surface area contributed by atoms with Crippen molar-refractivity contribution in [2.24, 2.45) is 0 Å². The van der Waals surface area contributed by atoms with E-state index in [0.29, 0.717) is 5.92 Å². The second-order valence-corrected chi connectivity index (χ2v) is 6.09. The van der Waals surface area contributed by atoms with Gasteiger partial charge in [-0.05, 0) is 36.6 Å². The molecule has 1 aromatic carbocycles. The molecule has 112 valence electrons. The summed E-state index contributed by atoms with van der Waals surface area (Å²) in [6, 6.07) is 9.06. The van der Waals surface area contributed by atoms with Crippen molar-refractivity contribution in [1.82, 2.24) is 9.80 Å². The van der Waals surface area contributed by atoms with Crippen LogP contribution in [0.4, 0.5) is 0 Å². The van der Waals surface area contributed by atoms with E-state index in [9.17, 15) is 0 Å². The molecule has 1 heterocycles. The van der Waals surface area contributed by atoms with Crippen molar-refractivity contribution in [3.8, 4) is 0 Å². The van der Waals surface area contributed by atoms with Crippen LogP contribution in [-0.4, -0.2) is 54.2 Å². The van der Waals surface area contributed by atoms with Gasteiger partial charge in [0.25, 0.3) is 0 Å². The number of aliphatic hydroxyl groups excluding tert-OH is 1. The highest BCUT2D eigenvalue weighted by molar-refractivity contribution is 5.24. The topological polar surface area (TPSA) is 26.7 Å². The van der Waals surface area contributed by atoms with E-state index in [-0.39, 0.29) is 6.61 Å². The van der Waals surface area contributed by atoms with Crippen LogP contribution in [0.25, 0.3) is 0 Å². The van der Waals surface area contributed by atoms with E-state index < -0.39 is 0 Å². The average molecular weight is 276 g/mol. The van der Waals surface area contributed by atoms with Gasteiger partial charge in [0.1, 0.15) is 0 Å². The predicted octanol–water partition coefficient (Wildman–Crippen LogP) is 2.31. The van der Waals surface area contributed by atoms with Crippen LogP contribution in [0.2, 0.25) is 0 Å². The first kappa shape index (κ1) is 15.5. The molecule has 1 aliphatic rings. The van der Waals surface area contributed by atoms with Crippen molar-refractivity contribution < 1.29 is 5.11 Å². The fourth-order valence-electron chi connectivity index (χ4n) is 2.81. The van der Waals surface area contributed by atoms with E-state index in [2.05, 4.69) is 47.9 Å². The molecule has 20 heavy (non-hydrogen) atoms. The second kappa shape index (κ2) is 7.77. The minimum absolute atomic E-state index is 0.274. The van der Waals surface area contributed by atoms with E-state index in [1.165, 1.54) is 17.5 Å². The zero-order valence-corrected chi connectivity index (χ0v) is 12.9. The van der Waals surface area contributed by atoms with Gasteiger partial charge in [-0.1, -0.05) is 38.1 Å². The first-order valence-corrected chi connectivity index (χ1v) is 7.83. The molecule has 2 rings (SSSR count). The third-order valence-corrected chi connectivity index (χ3v) is 4.15. The number of hydrogen-bond donors (Lipinski definition) is 1. The van der Waals surface area contributed by atoms with E-state index >= 15 is 0 Å². The van der Waals surface area contributed by atoms with Gasteiger partial charge >= 0.3 is 0 Å². The van der Waals surface area contributed by atoms with Gasteiger partial charge in [0.2, 0.25) is 0 Å². The summed E-state index contributed by atoms with van der Waals surface area (Å²) in [4.78, 5) is 4.89. The van der Waals surface area contributed by atoms with Crippen molar-refractivity contribution in [2.75, 3.05) is 39.3 Å². The van der Waals surface area contributed by atoms with Crippen LogP contribution in [0.1, 0.15) is 37.3 Å². The molecule has 1 saturated heterocycles. The van der Waals surface area contributed by atoms with Crippen LogP contribution in [-0.2, 0) is 6.54 Å². The Morgan fingerprint density at radius 3 is 2.30 bits per heavy atom. The largest absolute Gasteiger partial charge is 0.395 e. The maximum absolute atomic E-state index is 9.03. The molecule has 0 radical (unpaired) electrons. The highest BCUT2D eigenvalue weighted by atomic mass is 16.3. The van der Waals surface area contributed by atoms with Crippen LogP contribution in [0.15, 0.2) is 24.3 Å². The Morgan fingerprint density at radius 1 is 1.00 bits per heavy atom. The summed E-state index contributed by atoms with van der Waals surface area (Å²) in [7, 11) is 0. The monoisotopic (exact) mass is 276 g/mol. The minimum Gasteiger partial charge on any atom is -0.395 e. The quantitative estimate of drug-likeness (QED) is 0.894. The third-order valence-electron chi connectivity index (χ3n) is 4.15. The van der Waals surface area contributed by atoms with Crippen LogP contribution in [0.5, 0.6) is 0 Å². The average Bonchev–Trinajstić information content (AvgIpc) is 2.66. The zero-order valence-electron chi connectivity index (χ0n) is 12.9. The molecule has 0 saturated carbocycles. The van der Waals surface area contributed by atoms with Gasteiger partial charge < -0.3 is 5.11 Å². The van der Waals surface area contributed by atoms with Gasteiger partial charge in [-0.2, -0.15) is 0 Å². The van der Waals surface area contributed by atoms with Crippen molar-refractivity contribution in [3.05, 3.63) is 35.4 Å². The fourth-order valence-corrected chi connectivity index (χ4v) is 2.81. The molecule has 3 heteroatoms. The van der Waals surface area contributed by atoms with Crippen LogP contribution in [0, 0.1) is 0 Å². The van der Waals surface area contributed by atoms with Crippen molar-refractivity contribution in [1.29, 1.82) is 0 Å². The Balaban J connectivity index is 1.86. The maximum Gasteiger partial charge on any atom is 0.0558 e. The van der Waals surface area contributed by atoms with E-state index in [0.717, 1.165) is 39.3 Å². The van der Waals surface area contributed by atoms with Crippen LogP contribution in [0.3, 0.4) is 0 Å². The molecule has 0 unspecified atom stereocenters. The molecule has 0 aliphatic carbocycles. The number of benzene rings is 1. The lowest BCUT2D eigenvalue weighted by molar-refractivity contribution is 0.196. The molecule has 1 aliphatic heterocycles. The number of hydrogen-bond acceptors (Lipinski definition) is 3. The Labute approximate surface area is 123 Å². The molecular formula is C17H28N2O. The van der Waals surface area contributed by atoms with Gasteiger partial charge in [-0.15, -0.1) is 0 Å². The summed E-state index contributed by atoms with van der Waals surface area (Å²) in [6.45, 7) is 11.1. The summed E-state index contributed by atoms with van der Waals surface area (Å²) in [5.41, 5.74) is 2.82. The van der Waals surface area contributed by atoms with Gasteiger partial charge in [0.15, 0.2) is 0 Å². The molecule has 3 nitrogen and oxygen atoms in total. The first-order chi connectivity index (χ1) is 9.69. The van der Waals surface area contributed by atoms with E-state index in [1.54, 1.807) is 0 Å². The number of nitrogens with zero attached hydrogens (tertiary/aromatic N) is 2. The van der Waals surface area contributed by atoms with Gasteiger partial charge in [-0.25, -0.2) is 0 Å². The summed E-state index contributed by atoms with van der Waals surface area (Å²) in [5, 5.41) is 9.03. The highest BCUT2D eigenvalue weighted by Crippen LogP contribution is 2.16. The third kappa shape index (κ3) is 4.58. The smallest absolute Gasteiger partial charge is 0.0558 e. The van der Waals surface area contributed by atoms with Crippen molar-refractivity contribution >= 4 is 0 Å². The standard InChI is InChI=1S/C17H28N2O/c1-15(2)17-6-4-16(5-7-17)14-19-9-3-8-18(10-11-19)12-13-20/h4-7,15,20H,3,8-14H2,1-2H3. The Hall–Kier alpha value is -0.900. The number of rotatable bonds is 5. The molecule has 1 aromatic rings. The lowest BCUT2D eigenvalue weighted by atomic mass is 10.0. The van der Waals surface area contributed by atoms with Crippen LogP contribution < -0.4 is 0 Å². The van der Waals surface area contributed by atoms with Crippen molar-refractivity contribution in [3.63, 3.8) is 0 Å². The maximum atomic E-state index is 9.03. The highest BCUT2D eigenvalue weighted by Gasteiger charge is 2.14. The normalized spacial score (nSPS) is 18.4. The lowest BCUT2D eigenvalue weighted by Crippen LogP contribution is -2.32. The summed E-state index contributed by atoms with van der Waals surface area (Å²) >= 11 is 0. The van der Waals surface area contributed by atoms with Gasteiger partial charge in [-0.3, -0.25) is 9.80 Å². The zero-order chi connectivity index (χ0) is 14.4. The number of aliphatic hydroxyl groups is 1. The van der Waals surface area contributed by atoms with Gasteiger partial charge in [0.05, 0.1) is 6.61 Å². The molecule has 0 spiro atoms. The Morgan fingerprint density at radius 2 is 1.65 bits per heavy atom. The first-order valence-electron chi connectivity index (χ1n) is 7.83. The molecule has 1 N–H and O–H groups in total. The lowest BCUT2D eigenvalue weighted by Gasteiger charge is -2.21. The minimum atomic E-state index is 0.274. The SMILES string of the molecule is CC(C)c1ccc(CN2CCCN(CCO)CC2)cc1. The van der Waals surface area contributed by atoms with E-state index in [1.807, 2.05) is 0 Å². The van der Waals surface area contributed by atoms with Crippen LogP contribution >= 0.6 is 0 Å². The molecular weight excluding hydrogens is 248 g/mol. The predicted molar refractivity (Wildman–Crippen MR) is 84.0 cm³/mol. The Bertz CT molecular complexity index is 388. The second-order valence-electron chi connectivity index (χ2n) is 6.09. The molecule has 0 atom stereocenters. The summed E-state index contributed by atoms with van der Waals surface area (Å²) in [5.74, 6) is 0.606. The molecule has 1 fully saturated rings. The van der Waals surface area contributed by atoms with E-state index in [4.69, 9.17) is 5.11 Å². The molecule has 0 bridgehead atoms. The number of β-amino-alcohol motifs (C(OH)–C–C–N with tert-alkyl or cyclic N) is 1. The molecule has 0 aromatic heterocycles. The Kier molecular flexibility index (Phi) is 6.02. The van der Waals surface area contributed by atoms with Gasteiger partial charge in [0, 0.05) is 26.2 Å². The fraction of sp³-hybridized carbons (Fsp3) is 0.647. The van der Waals surface area contributed by atoms with Crippen molar-refractivity contribution in [2.45, 2.75) is 32.7 Å². The summed E-state index contributed by atoms with van der Waals surface area (Å²) in [6.07, 6.45) is 1.20. The summed E-state index contributed by atoms with van der Waals surface area (Å²) < 4.78 is 0. The molecule has 0 amide bonds.